The van der Waals surface area contributed by atoms with Crippen LogP contribution in [-0.4, -0.2) is 147 Å². The first-order valence-corrected chi connectivity index (χ1v) is 26.9. The number of hydrogen-bond donors (Lipinski definition) is 11. The lowest BCUT2D eigenvalue weighted by Crippen LogP contribution is -2.53. The first-order valence-electron chi connectivity index (χ1n) is 24.6. The maximum atomic E-state index is 14.2. The van der Waals surface area contributed by atoms with Crippen molar-refractivity contribution >= 4 is 99.4 Å². The second kappa shape index (κ2) is 37.2. The van der Waals surface area contributed by atoms with E-state index in [1.165, 1.54) is 0 Å². The van der Waals surface area contributed by atoms with Crippen LogP contribution in [0.25, 0.3) is 0 Å². The number of carbonyl (C=O) groups is 13. The third-order valence-corrected chi connectivity index (χ3v) is 13.2. The van der Waals surface area contributed by atoms with Crippen molar-refractivity contribution < 1.29 is 91.7 Å². The minimum absolute atomic E-state index is 0.00279. The highest BCUT2D eigenvalue weighted by atomic mass is 33.1. The minimum atomic E-state index is -1.69. The summed E-state index contributed by atoms with van der Waals surface area (Å²) in [6.45, 7) is 0.838. The number of benzene rings is 2. The molecule has 7 atom stereocenters. The molecule has 6 amide bonds. The monoisotopic (exact) mass is 1130 g/mol. The largest absolute Gasteiger partial charge is 0.481 e. The molecule has 12 N–H and O–H groups in total. The number of nitrogens with two attached hydrogens (primary N) is 1. The molecule has 0 spiro atoms. The number of aliphatic carboxylic acids is 4. The van der Waals surface area contributed by atoms with Crippen molar-refractivity contribution in [1.29, 1.82) is 0 Å². The zero-order valence-corrected chi connectivity index (χ0v) is 44.4. The van der Waals surface area contributed by atoms with Crippen molar-refractivity contribution in [3.63, 3.8) is 0 Å². The summed E-state index contributed by atoms with van der Waals surface area (Å²) in [6.07, 6.45) is -2.33. The van der Waals surface area contributed by atoms with E-state index in [-0.39, 0.29) is 63.7 Å². The number of urea groups is 1. The van der Waals surface area contributed by atoms with Gasteiger partial charge in [-0.3, -0.25) is 52.7 Å². The van der Waals surface area contributed by atoms with Gasteiger partial charge in [-0.2, -0.15) is 0 Å². The van der Waals surface area contributed by atoms with Gasteiger partial charge < -0.3 is 67.0 Å². The molecule has 0 saturated carbocycles. The Labute approximate surface area is 456 Å². The van der Waals surface area contributed by atoms with Gasteiger partial charge in [0.25, 0.3) is 6.47 Å². The highest BCUT2D eigenvalue weighted by molar-refractivity contribution is 8.75. The van der Waals surface area contributed by atoms with E-state index < -0.39 is 139 Å². The molecule has 0 aromatic heterocycles. The summed E-state index contributed by atoms with van der Waals surface area (Å²) in [6, 6.07) is 10.7. The van der Waals surface area contributed by atoms with Gasteiger partial charge in [-0.25, -0.2) is 9.59 Å². The first-order chi connectivity index (χ1) is 37.1. The zero-order valence-electron chi connectivity index (χ0n) is 42.7. The van der Waals surface area contributed by atoms with Gasteiger partial charge >= 0.3 is 35.9 Å². The summed E-state index contributed by atoms with van der Waals surface area (Å²) in [7, 11) is 0.832. The number of Topliss-reactive ketones (excluding diaryl/α,β-unsaturated/α-hetero) is 2. The van der Waals surface area contributed by atoms with E-state index in [0.29, 0.717) is 42.3 Å². The van der Waals surface area contributed by atoms with E-state index >= 15 is 0 Å². The van der Waals surface area contributed by atoms with Crippen LogP contribution in [0.1, 0.15) is 95.1 Å². The number of ether oxygens (including phenoxy) is 1. The lowest BCUT2D eigenvalue weighted by molar-refractivity contribution is -0.144. The van der Waals surface area contributed by atoms with Gasteiger partial charge in [0.1, 0.15) is 23.2 Å². The summed E-state index contributed by atoms with van der Waals surface area (Å²) in [4.78, 5) is 160. The third kappa shape index (κ3) is 29.1. The molecule has 0 fully saturated rings. The van der Waals surface area contributed by atoms with E-state index in [0.717, 1.165) is 23.3 Å². The molecule has 78 heavy (non-hydrogen) atoms. The maximum Gasteiger partial charge on any atom is 0.326 e. The van der Waals surface area contributed by atoms with Gasteiger partial charge in [0, 0.05) is 63.8 Å². The molecule has 0 unspecified atom stereocenters. The van der Waals surface area contributed by atoms with Crippen molar-refractivity contribution in [1.82, 2.24) is 31.9 Å². The second-order valence-electron chi connectivity index (χ2n) is 17.7. The molecule has 0 bridgehead atoms. The molecular weight excluding hydrogens is 1070 g/mol. The minimum Gasteiger partial charge on any atom is -0.481 e. The summed E-state index contributed by atoms with van der Waals surface area (Å²) in [5.74, 6) is -12.8. The number of carbonyl (C=O) groups excluding carboxylic acids is 9. The summed E-state index contributed by atoms with van der Waals surface area (Å²) < 4.78 is 9.29. The average Bonchev–Trinajstić information content (AvgIpc) is 3.38. The third-order valence-electron chi connectivity index (χ3n) is 11.4. The number of hydrogen-bond acceptors (Lipinski definition) is 18. The fourth-order valence-electron chi connectivity index (χ4n) is 7.29. The van der Waals surface area contributed by atoms with Gasteiger partial charge in [0.05, 0.1) is 30.8 Å². The molecule has 26 nitrogen and oxygen atoms in total. The van der Waals surface area contributed by atoms with Crippen LogP contribution < -0.4 is 37.6 Å². The Morgan fingerprint density at radius 2 is 1.22 bits per heavy atom. The van der Waals surface area contributed by atoms with Crippen LogP contribution >= 0.6 is 21.9 Å². The van der Waals surface area contributed by atoms with Crippen molar-refractivity contribution in [2.45, 2.75) is 127 Å². The quantitative estimate of drug-likeness (QED) is 0.0147. The molecule has 0 aliphatic carbocycles. The highest BCUT2D eigenvalue weighted by Gasteiger charge is 2.32. The summed E-state index contributed by atoms with van der Waals surface area (Å²) >= 11 is 0.600. The van der Waals surface area contributed by atoms with Crippen molar-refractivity contribution in [3.05, 3.63) is 71.8 Å². The molecule has 0 saturated heterocycles. The van der Waals surface area contributed by atoms with Crippen LogP contribution in [0.2, 0.25) is 0 Å². The van der Waals surface area contributed by atoms with Crippen LogP contribution in [0.4, 0.5) is 4.79 Å². The molecule has 0 radical (unpaired) electrons. The number of nitrogens with one attached hydrogen (secondary N) is 6. The van der Waals surface area contributed by atoms with Gasteiger partial charge in [0.2, 0.25) is 23.6 Å². The molecular formula is C50H67N7O19S2. The van der Waals surface area contributed by atoms with E-state index in [1.54, 1.807) is 60.7 Å². The molecule has 28 heteroatoms. The Balaban J connectivity index is 2.00. The number of carboxylic acids is 4. The predicted molar refractivity (Wildman–Crippen MR) is 279 cm³/mol. The van der Waals surface area contributed by atoms with Crippen LogP contribution in [-0.2, 0) is 79.3 Å². The fraction of sp³-hybridized carbons (Fsp3) is 0.500. The van der Waals surface area contributed by atoms with Crippen molar-refractivity contribution in [2.24, 2.45) is 17.6 Å². The number of rotatable bonds is 41. The lowest BCUT2D eigenvalue weighted by Gasteiger charge is -2.23. The fourth-order valence-corrected chi connectivity index (χ4v) is 9.00. The SMILES string of the molecule is CC(=O)OSSC[C@H](CC(=O)[C@H](CC(=O)O)NC(=O)[C@@H](N)CNC(=O)[C@@H](CC(=O)[C@H](Cc1ccccc1)NC(=O)CCCCCCNC(=O)CC[C@H](NC(=O)N[C@@H](CCC(=O)O)OC=O)C(=O)O)Cc1ccccc1)C(=O)O. The molecule has 0 aliphatic rings. The van der Waals surface area contributed by atoms with Crippen LogP contribution in [0.5, 0.6) is 0 Å². The highest BCUT2D eigenvalue weighted by Crippen LogP contribution is 2.27. The van der Waals surface area contributed by atoms with E-state index in [4.69, 9.17) is 10.8 Å². The van der Waals surface area contributed by atoms with Crippen LogP contribution in [0, 0.1) is 11.8 Å². The number of carboxylic acid groups (broad SMARTS) is 4. The average molecular weight is 1130 g/mol. The Kier molecular flexibility index (Phi) is 31.7. The number of unbranched alkanes of at least 4 members (excludes halogenated alkanes) is 3. The van der Waals surface area contributed by atoms with Gasteiger partial charge in [0.15, 0.2) is 17.8 Å². The topological polar surface area (TPSA) is 419 Å². The maximum absolute atomic E-state index is 14.2. The number of amides is 6. The van der Waals surface area contributed by atoms with Crippen molar-refractivity contribution in [3.8, 4) is 0 Å². The zero-order chi connectivity index (χ0) is 58.0. The molecule has 0 aliphatic heterocycles. The van der Waals surface area contributed by atoms with Crippen LogP contribution in [0.15, 0.2) is 60.7 Å². The summed E-state index contributed by atoms with van der Waals surface area (Å²) in [5.41, 5.74) is 7.50. The molecule has 2 aromatic rings. The van der Waals surface area contributed by atoms with E-state index in [9.17, 15) is 77.6 Å². The second-order valence-corrected chi connectivity index (χ2v) is 19.7. The molecule has 0 heterocycles. The summed E-state index contributed by atoms with van der Waals surface area (Å²) in [5, 5.41) is 52.0. The van der Waals surface area contributed by atoms with E-state index in [1.807, 2.05) is 0 Å². The Bertz CT molecular complexity index is 2350. The molecule has 2 aromatic carbocycles. The predicted octanol–water partition coefficient (Wildman–Crippen LogP) is 1.42. The lowest BCUT2D eigenvalue weighted by atomic mass is 9.89. The van der Waals surface area contributed by atoms with Gasteiger partial charge in [-0.15, -0.1) is 0 Å². The first kappa shape index (κ1) is 66.5. The normalized spacial score (nSPS) is 13.5. The standard InChI is InChI=1S/C50H67N7O19S2/c1-30(59)76-78-77-28-34(48(70)71)25-40(61)38(26-45(66)67)55-47(69)35(51)27-53-46(68)33(22-31-12-6-4-7-13-31)24-39(60)37(23-32-14-8-5-9-15-32)54-42(63)16-10-2-3-11-21-52-41(62)18-17-36(49(72)73)56-50(74)57-43(75-29-58)19-20-44(64)65/h4-9,12-15,29,33-38,43H,2-3,10-11,16-28,51H2,1H3,(H,52,62)(H,53,68)(H,54,63)(H,55,69)(H,64,65)(H,66,67)(H,70,71)(H,72,73)(H2,56,57,74)/t33-,34+,35+,36+,37+,38+,43-/m1/s1. The van der Waals surface area contributed by atoms with Gasteiger partial charge in [-0.05, 0) is 43.2 Å². The smallest absolute Gasteiger partial charge is 0.326 e. The van der Waals surface area contributed by atoms with Crippen molar-refractivity contribution in [2.75, 3.05) is 18.8 Å². The Morgan fingerprint density at radius 1 is 0.603 bits per heavy atom. The van der Waals surface area contributed by atoms with Gasteiger partial charge in [-0.1, -0.05) is 84.3 Å². The van der Waals surface area contributed by atoms with E-state index in [2.05, 4.69) is 40.8 Å². The molecule has 428 valence electrons. The number of ketones is 2. The Morgan fingerprint density at radius 3 is 1.81 bits per heavy atom. The molecule has 2 rings (SSSR count). The Hall–Kier alpha value is -7.59. The van der Waals surface area contributed by atoms with Crippen LogP contribution in [0.3, 0.4) is 0 Å².